The van der Waals surface area contributed by atoms with E-state index in [1.54, 1.807) is 46.3 Å². The molecule has 0 aliphatic heterocycles. The lowest BCUT2D eigenvalue weighted by atomic mass is 10.1. The predicted octanol–water partition coefficient (Wildman–Crippen LogP) is 5.25. The molecule has 12 heteroatoms. The Bertz CT molecular complexity index is 1330. The molecule has 0 amide bonds. The summed E-state index contributed by atoms with van der Waals surface area (Å²) >= 11 is 7.49. The maximum atomic E-state index is 5.88. The molecule has 2 aromatic heterocycles. The first-order valence-electron chi connectivity index (χ1n) is 11.3. The van der Waals surface area contributed by atoms with Crippen LogP contribution in [0.1, 0.15) is 6.92 Å². The molecular weight excluding hydrogens is 528 g/mol. The average Bonchev–Trinajstić information content (AvgIpc) is 2.91. The van der Waals surface area contributed by atoms with Gasteiger partial charge in [-0.25, -0.2) is 19.9 Å². The molecule has 0 radical (unpaired) electrons. The number of thioether (sulfide) groups is 1. The number of nitrogens with zero attached hydrogens (tertiary/aromatic N) is 4. The van der Waals surface area contributed by atoms with Crippen LogP contribution >= 0.6 is 23.4 Å². The van der Waals surface area contributed by atoms with Gasteiger partial charge >= 0.3 is 0 Å². The molecule has 0 saturated carbocycles. The number of ether oxygens (including phenoxy) is 4. The van der Waals surface area contributed by atoms with Gasteiger partial charge in [0.15, 0.2) is 0 Å². The van der Waals surface area contributed by atoms with Crippen molar-refractivity contribution in [2.24, 2.45) is 0 Å². The minimum atomic E-state index is 0.102. The summed E-state index contributed by atoms with van der Waals surface area (Å²) in [7, 11) is 6.38. The highest BCUT2D eigenvalue weighted by atomic mass is 35.5. The van der Waals surface area contributed by atoms with Crippen LogP contribution < -0.4 is 30.4 Å². The standard InChI is InChI=1S/C14H17N3O2S.C12H12ClN3O2/c1-4-20-12-8-9(16-14(15)17-12)13-10(18-2)6-5-7-11(13)19-3;1-17-8-4-3-5-9(18-2)11(8)7-6-10(13)16-12(14)15-7/h5-8H,4H2,1-3H3,(H2,15,16,17);3-6H,1-2H3,(H2,14,15,16). The maximum Gasteiger partial charge on any atom is 0.221 e. The predicted molar refractivity (Wildman–Crippen MR) is 151 cm³/mol. The second kappa shape index (κ2) is 13.5. The van der Waals surface area contributed by atoms with E-state index in [0.29, 0.717) is 39.9 Å². The van der Waals surface area contributed by atoms with Crippen LogP contribution in [0, 0.1) is 0 Å². The van der Waals surface area contributed by atoms with Crippen molar-refractivity contribution in [1.29, 1.82) is 0 Å². The highest BCUT2D eigenvalue weighted by molar-refractivity contribution is 7.99. The van der Waals surface area contributed by atoms with Gasteiger partial charge in [0.1, 0.15) is 33.2 Å². The molecule has 4 rings (SSSR count). The van der Waals surface area contributed by atoms with Gasteiger partial charge in [-0.1, -0.05) is 30.7 Å². The van der Waals surface area contributed by atoms with E-state index in [-0.39, 0.29) is 17.0 Å². The first-order valence-corrected chi connectivity index (χ1v) is 12.7. The number of aromatic nitrogens is 4. The van der Waals surface area contributed by atoms with Crippen LogP contribution in [0.3, 0.4) is 0 Å². The molecule has 10 nitrogen and oxygen atoms in total. The third-order valence-corrected chi connectivity index (χ3v) is 6.08. The van der Waals surface area contributed by atoms with Gasteiger partial charge in [0.25, 0.3) is 0 Å². The third kappa shape index (κ3) is 6.87. The van der Waals surface area contributed by atoms with Crippen molar-refractivity contribution in [3.63, 3.8) is 0 Å². The Morgan fingerprint density at radius 1 is 0.684 bits per heavy atom. The summed E-state index contributed by atoms with van der Waals surface area (Å²) in [6.07, 6.45) is 0. The van der Waals surface area contributed by atoms with E-state index in [4.69, 9.17) is 42.0 Å². The summed E-state index contributed by atoms with van der Waals surface area (Å²) in [6.45, 7) is 2.06. The molecule has 0 saturated heterocycles. The summed E-state index contributed by atoms with van der Waals surface area (Å²) < 4.78 is 21.4. The Balaban J connectivity index is 0.000000212. The summed E-state index contributed by atoms with van der Waals surface area (Å²) in [5, 5.41) is 1.11. The van der Waals surface area contributed by atoms with Crippen molar-refractivity contribution in [3.05, 3.63) is 53.7 Å². The molecule has 0 aliphatic carbocycles. The average molecular weight is 557 g/mol. The quantitative estimate of drug-likeness (QED) is 0.217. The number of rotatable bonds is 8. The maximum absolute atomic E-state index is 5.88. The van der Waals surface area contributed by atoms with Crippen molar-refractivity contribution in [3.8, 4) is 45.5 Å². The molecule has 38 heavy (non-hydrogen) atoms. The fraction of sp³-hybridized carbons (Fsp3) is 0.231. The molecule has 4 aromatic rings. The van der Waals surface area contributed by atoms with Gasteiger partial charge in [0.05, 0.1) is 51.0 Å². The molecule has 0 aliphatic rings. The fourth-order valence-corrected chi connectivity index (χ4v) is 4.40. The van der Waals surface area contributed by atoms with E-state index in [9.17, 15) is 0 Å². The van der Waals surface area contributed by atoms with E-state index in [2.05, 4.69) is 26.9 Å². The smallest absolute Gasteiger partial charge is 0.221 e. The van der Waals surface area contributed by atoms with Gasteiger partial charge in [0.2, 0.25) is 11.9 Å². The molecule has 200 valence electrons. The van der Waals surface area contributed by atoms with Crippen molar-refractivity contribution < 1.29 is 18.9 Å². The minimum absolute atomic E-state index is 0.102. The van der Waals surface area contributed by atoms with E-state index >= 15 is 0 Å². The SMILES string of the molecule is CCSc1cc(-c2c(OC)cccc2OC)nc(N)n1.COc1cccc(OC)c1-c1cc(Cl)nc(N)n1. The lowest BCUT2D eigenvalue weighted by Gasteiger charge is -2.13. The zero-order valence-corrected chi connectivity index (χ0v) is 23.3. The van der Waals surface area contributed by atoms with Crippen LogP contribution in [0.2, 0.25) is 5.15 Å². The summed E-state index contributed by atoms with van der Waals surface area (Å²) in [6, 6.07) is 14.5. The lowest BCUT2D eigenvalue weighted by Crippen LogP contribution is -2.00. The highest BCUT2D eigenvalue weighted by Crippen LogP contribution is 2.39. The molecule has 4 N–H and O–H groups in total. The number of nitrogen functional groups attached to an aromatic ring is 2. The number of halogens is 1. The van der Waals surface area contributed by atoms with Crippen LogP contribution in [-0.4, -0.2) is 54.1 Å². The molecule has 0 spiro atoms. The highest BCUT2D eigenvalue weighted by Gasteiger charge is 2.16. The zero-order chi connectivity index (χ0) is 27.7. The number of anilines is 2. The van der Waals surface area contributed by atoms with Crippen LogP contribution in [-0.2, 0) is 0 Å². The first kappa shape index (κ1) is 28.6. The molecule has 0 unspecified atom stereocenters. The van der Waals surface area contributed by atoms with Crippen LogP contribution in [0.5, 0.6) is 23.0 Å². The molecule has 0 bridgehead atoms. The summed E-state index contributed by atoms with van der Waals surface area (Å²) in [5.41, 5.74) is 14.1. The summed E-state index contributed by atoms with van der Waals surface area (Å²) in [5.74, 6) is 3.90. The van der Waals surface area contributed by atoms with E-state index in [0.717, 1.165) is 16.3 Å². The monoisotopic (exact) mass is 556 g/mol. The van der Waals surface area contributed by atoms with Crippen molar-refractivity contribution in [2.45, 2.75) is 11.9 Å². The fourth-order valence-electron chi connectivity index (χ4n) is 3.56. The number of methoxy groups -OCH3 is 4. The number of hydrogen-bond donors (Lipinski definition) is 2. The van der Waals surface area contributed by atoms with E-state index in [1.165, 1.54) is 0 Å². The van der Waals surface area contributed by atoms with Gasteiger partial charge in [-0.2, -0.15) is 0 Å². The first-order chi connectivity index (χ1) is 18.3. The van der Waals surface area contributed by atoms with Gasteiger partial charge < -0.3 is 30.4 Å². The Morgan fingerprint density at radius 3 is 1.50 bits per heavy atom. The van der Waals surface area contributed by atoms with Gasteiger partial charge in [-0.05, 0) is 36.1 Å². The van der Waals surface area contributed by atoms with Gasteiger partial charge in [0, 0.05) is 6.07 Å². The molecular formula is C26H29ClN6O4S. The zero-order valence-electron chi connectivity index (χ0n) is 21.7. The second-order valence-electron chi connectivity index (χ2n) is 7.39. The Labute approximate surface area is 230 Å². The van der Waals surface area contributed by atoms with Crippen molar-refractivity contribution >= 4 is 35.3 Å². The molecule has 0 atom stereocenters. The third-order valence-electron chi connectivity index (χ3n) is 5.09. The van der Waals surface area contributed by atoms with E-state index in [1.807, 2.05) is 42.5 Å². The Morgan fingerprint density at radius 2 is 1.11 bits per heavy atom. The number of nitrogens with two attached hydrogens (primary N) is 2. The summed E-state index contributed by atoms with van der Waals surface area (Å²) in [4.78, 5) is 16.5. The minimum Gasteiger partial charge on any atom is -0.496 e. The Kier molecular flexibility index (Phi) is 10.2. The molecule has 2 aromatic carbocycles. The van der Waals surface area contributed by atoms with Crippen LogP contribution in [0.15, 0.2) is 53.6 Å². The molecule has 0 fully saturated rings. The molecule has 2 heterocycles. The second-order valence-corrected chi connectivity index (χ2v) is 9.06. The number of benzene rings is 2. The Hall–Kier alpha value is -3.96. The largest absolute Gasteiger partial charge is 0.496 e. The number of hydrogen-bond acceptors (Lipinski definition) is 11. The van der Waals surface area contributed by atoms with Crippen molar-refractivity contribution in [2.75, 3.05) is 45.7 Å². The van der Waals surface area contributed by atoms with E-state index < -0.39 is 0 Å². The van der Waals surface area contributed by atoms with Gasteiger partial charge in [-0.3, -0.25) is 0 Å². The lowest BCUT2D eigenvalue weighted by molar-refractivity contribution is 0.397. The topological polar surface area (TPSA) is 141 Å². The normalized spacial score (nSPS) is 10.3. The van der Waals surface area contributed by atoms with Gasteiger partial charge in [-0.15, -0.1) is 11.8 Å². The van der Waals surface area contributed by atoms with Crippen LogP contribution in [0.4, 0.5) is 11.9 Å². The van der Waals surface area contributed by atoms with Crippen molar-refractivity contribution in [1.82, 2.24) is 19.9 Å². The van der Waals surface area contributed by atoms with Crippen LogP contribution in [0.25, 0.3) is 22.5 Å².